The number of hydrogen-bond donors (Lipinski definition) is 0. The Balaban J connectivity index is 2.19. The number of rotatable bonds is 2. The highest BCUT2D eigenvalue weighted by molar-refractivity contribution is 5.79. The monoisotopic (exact) mass is 265 g/mol. The van der Waals surface area contributed by atoms with Gasteiger partial charge in [0.1, 0.15) is 11.6 Å². The second kappa shape index (κ2) is 5.17. The molecule has 3 rings (SSSR count). The summed E-state index contributed by atoms with van der Waals surface area (Å²) in [6.45, 7) is 1.85. The van der Waals surface area contributed by atoms with E-state index < -0.39 is 0 Å². The van der Waals surface area contributed by atoms with Crippen molar-refractivity contribution in [3.63, 3.8) is 0 Å². The number of benzene rings is 1. The maximum Gasteiger partial charge on any atom is 0.125 e. The molecule has 3 aromatic rings. The SMILES string of the molecule is Cc1ncc(-c2ccc(F)cc2)c(-c2ccncc2)n1. The van der Waals surface area contributed by atoms with Crippen molar-refractivity contribution in [2.75, 3.05) is 0 Å². The van der Waals surface area contributed by atoms with Gasteiger partial charge < -0.3 is 0 Å². The molecule has 0 saturated carbocycles. The van der Waals surface area contributed by atoms with Gasteiger partial charge in [-0.1, -0.05) is 12.1 Å². The van der Waals surface area contributed by atoms with Crippen LogP contribution in [0.5, 0.6) is 0 Å². The molecule has 0 aliphatic carbocycles. The molecule has 0 amide bonds. The first-order chi connectivity index (χ1) is 9.74. The van der Waals surface area contributed by atoms with Gasteiger partial charge in [-0.05, 0) is 36.8 Å². The fourth-order valence-corrected chi connectivity index (χ4v) is 2.04. The Labute approximate surface area is 116 Å². The highest BCUT2D eigenvalue weighted by Crippen LogP contribution is 2.29. The van der Waals surface area contributed by atoms with E-state index in [4.69, 9.17) is 0 Å². The molecule has 0 atom stereocenters. The minimum absolute atomic E-state index is 0.257. The summed E-state index contributed by atoms with van der Waals surface area (Å²) in [5.74, 6) is 0.440. The zero-order chi connectivity index (χ0) is 13.9. The van der Waals surface area contributed by atoms with Crippen LogP contribution in [-0.4, -0.2) is 15.0 Å². The number of hydrogen-bond acceptors (Lipinski definition) is 3. The third-order valence-electron chi connectivity index (χ3n) is 3.02. The van der Waals surface area contributed by atoms with Gasteiger partial charge in [-0.3, -0.25) is 4.98 Å². The van der Waals surface area contributed by atoms with E-state index in [1.807, 2.05) is 19.1 Å². The Morgan fingerprint density at radius 3 is 2.30 bits per heavy atom. The zero-order valence-corrected chi connectivity index (χ0v) is 10.9. The molecule has 0 aliphatic rings. The molecule has 3 nitrogen and oxygen atoms in total. The second-order valence-corrected chi connectivity index (χ2v) is 4.42. The van der Waals surface area contributed by atoms with E-state index in [-0.39, 0.29) is 5.82 Å². The molecule has 0 bridgehead atoms. The summed E-state index contributed by atoms with van der Waals surface area (Å²) < 4.78 is 13.1. The van der Waals surface area contributed by atoms with E-state index in [9.17, 15) is 4.39 Å². The van der Waals surface area contributed by atoms with Gasteiger partial charge in [-0.2, -0.15) is 0 Å². The Bertz CT molecular complexity index is 724. The second-order valence-electron chi connectivity index (χ2n) is 4.42. The van der Waals surface area contributed by atoms with Gasteiger partial charge in [0.15, 0.2) is 0 Å². The average molecular weight is 265 g/mol. The van der Waals surface area contributed by atoms with Gasteiger partial charge in [-0.25, -0.2) is 14.4 Å². The highest BCUT2D eigenvalue weighted by atomic mass is 19.1. The lowest BCUT2D eigenvalue weighted by Crippen LogP contribution is -1.95. The third-order valence-corrected chi connectivity index (χ3v) is 3.02. The summed E-state index contributed by atoms with van der Waals surface area (Å²) in [5, 5.41) is 0. The Kier molecular flexibility index (Phi) is 3.21. The minimum Gasteiger partial charge on any atom is -0.265 e. The van der Waals surface area contributed by atoms with E-state index in [1.165, 1.54) is 12.1 Å². The van der Waals surface area contributed by atoms with Gasteiger partial charge in [0.2, 0.25) is 0 Å². The lowest BCUT2D eigenvalue weighted by Gasteiger charge is -2.09. The molecule has 98 valence electrons. The van der Waals surface area contributed by atoms with Crippen LogP contribution in [0.2, 0.25) is 0 Å². The Morgan fingerprint density at radius 2 is 1.60 bits per heavy atom. The predicted molar refractivity (Wildman–Crippen MR) is 75.4 cm³/mol. The van der Waals surface area contributed by atoms with Crippen LogP contribution < -0.4 is 0 Å². The lowest BCUT2D eigenvalue weighted by molar-refractivity contribution is 0.628. The van der Waals surface area contributed by atoms with Crippen LogP contribution in [0.1, 0.15) is 5.82 Å². The molecule has 0 aliphatic heterocycles. The molecule has 2 aromatic heterocycles. The number of nitrogens with zero attached hydrogens (tertiary/aromatic N) is 3. The number of halogens is 1. The molecule has 4 heteroatoms. The summed E-state index contributed by atoms with van der Waals surface area (Å²) >= 11 is 0. The van der Waals surface area contributed by atoms with Crippen molar-refractivity contribution < 1.29 is 4.39 Å². The van der Waals surface area contributed by atoms with Crippen LogP contribution in [0.3, 0.4) is 0 Å². The van der Waals surface area contributed by atoms with E-state index >= 15 is 0 Å². The Morgan fingerprint density at radius 1 is 0.900 bits per heavy atom. The van der Waals surface area contributed by atoms with Crippen molar-refractivity contribution in [1.29, 1.82) is 0 Å². The first-order valence-corrected chi connectivity index (χ1v) is 6.24. The van der Waals surface area contributed by atoms with Crippen molar-refractivity contribution in [3.05, 3.63) is 66.6 Å². The molecule has 20 heavy (non-hydrogen) atoms. The van der Waals surface area contributed by atoms with Gasteiger partial charge in [0.05, 0.1) is 5.69 Å². The quantitative estimate of drug-likeness (QED) is 0.710. The number of pyridine rings is 1. The van der Waals surface area contributed by atoms with Crippen molar-refractivity contribution in [3.8, 4) is 22.4 Å². The standard InChI is InChI=1S/C16H12FN3/c1-11-19-10-15(12-2-4-14(17)5-3-12)16(20-11)13-6-8-18-9-7-13/h2-10H,1H3. The molecular formula is C16H12FN3. The molecule has 0 radical (unpaired) electrons. The molecule has 0 spiro atoms. The molecule has 0 unspecified atom stereocenters. The maximum absolute atomic E-state index is 13.1. The molecule has 0 fully saturated rings. The van der Waals surface area contributed by atoms with Crippen LogP contribution in [0.4, 0.5) is 4.39 Å². The molecular weight excluding hydrogens is 253 g/mol. The van der Waals surface area contributed by atoms with Gasteiger partial charge in [0.25, 0.3) is 0 Å². The van der Waals surface area contributed by atoms with E-state index in [0.29, 0.717) is 5.82 Å². The predicted octanol–water partition coefficient (Wildman–Crippen LogP) is 3.65. The van der Waals surface area contributed by atoms with Crippen LogP contribution in [0, 0.1) is 12.7 Å². The Hall–Kier alpha value is -2.62. The van der Waals surface area contributed by atoms with E-state index in [1.54, 1.807) is 30.7 Å². The normalized spacial score (nSPS) is 10.5. The fraction of sp³-hybridized carbons (Fsp3) is 0.0625. The largest absolute Gasteiger partial charge is 0.265 e. The van der Waals surface area contributed by atoms with Crippen LogP contribution in [-0.2, 0) is 0 Å². The fourth-order valence-electron chi connectivity index (χ4n) is 2.04. The summed E-state index contributed by atoms with van der Waals surface area (Å²) in [4.78, 5) is 12.8. The van der Waals surface area contributed by atoms with Crippen LogP contribution in [0.15, 0.2) is 55.0 Å². The van der Waals surface area contributed by atoms with Crippen molar-refractivity contribution >= 4 is 0 Å². The summed E-state index contributed by atoms with van der Waals surface area (Å²) in [6, 6.07) is 10.1. The van der Waals surface area contributed by atoms with Gasteiger partial charge >= 0.3 is 0 Å². The van der Waals surface area contributed by atoms with Crippen LogP contribution >= 0.6 is 0 Å². The maximum atomic E-state index is 13.1. The topological polar surface area (TPSA) is 38.7 Å². The zero-order valence-electron chi connectivity index (χ0n) is 10.9. The van der Waals surface area contributed by atoms with E-state index in [2.05, 4.69) is 15.0 Å². The smallest absolute Gasteiger partial charge is 0.125 e. The van der Waals surface area contributed by atoms with Gasteiger partial charge in [-0.15, -0.1) is 0 Å². The minimum atomic E-state index is -0.257. The van der Waals surface area contributed by atoms with Crippen molar-refractivity contribution in [1.82, 2.24) is 15.0 Å². The summed E-state index contributed by atoms with van der Waals surface area (Å²) in [7, 11) is 0. The van der Waals surface area contributed by atoms with Crippen molar-refractivity contribution in [2.45, 2.75) is 6.92 Å². The number of aromatic nitrogens is 3. The first kappa shape index (κ1) is 12.4. The molecule has 2 heterocycles. The lowest BCUT2D eigenvalue weighted by atomic mass is 10.0. The average Bonchev–Trinajstić information content (AvgIpc) is 2.49. The summed E-state index contributed by atoms with van der Waals surface area (Å²) in [6.07, 6.45) is 5.22. The molecule has 1 aromatic carbocycles. The molecule has 0 saturated heterocycles. The van der Waals surface area contributed by atoms with Crippen molar-refractivity contribution in [2.24, 2.45) is 0 Å². The third kappa shape index (κ3) is 2.40. The summed E-state index contributed by atoms with van der Waals surface area (Å²) in [5.41, 5.74) is 3.55. The van der Waals surface area contributed by atoms with Gasteiger partial charge in [0, 0.05) is 29.7 Å². The van der Waals surface area contributed by atoms with Crippen LogP contribution in [0.25, 0.3) is 22.4 Å². The first-order valence-electron chi connectivity index (χ1n) is 6.24. The number of aryl methyl sites for hydroxylation is 1. The van der Waals surface area contributed by atoms with E-state index in [0.717, 1.165) is 22.4 Å². The molecule has 0 N–H and O–H groups in total. The highest BCUT2D eigenvalue weighted by Gasteiger charge is 2.10.